The van der Waals surface area contributed by atoms with Crippen LogP contribution in [0.15, 0.2) is 10.6 Å². The second-order valence-electron chi connectivity index (χ2n) is 5.60. The van der Waals surface area contributed by atoms with Gasteiger partial charge in [-0.05, 0) is 13.8 Å². The Morgan fingerprint density at radius 2 is 2.04 bits per heavy atom. The number of nitrogens with zero attached hydrogens (tertiary/aromatic N) is 3. The molecule has 6 nitrogen and oxygen atoms in total. The Bertz CT molecular complexity index is 525. The first-order valence-electron chi connectivity index (χ1n) is 7.36. The highest BCUT2D eigenvalue weighted by Gasteiger charge is 2.32. The Hall–Kier alpha value is -1.61. The van der Waals surface area contributed by atoms with Gasteiger partial charge >= 0.3 is 6.18 Å². The van der Waals surface area contributed by atoms with E-state index in [0.29, 0.717) is 32.7 Å². The highest BCUT2D eigenvalue weighted by molar-refractivity contribution is 5.80. The zero-order chi connectivity index (χ0) is 17.0. The van der Waals surface area contributed by atoms with E-state index in [1.165, 1.54) is 11.8 Å². The molecule has 0 N–H and O–H groups in total. The number of alkyl halides is 3. The third kappa shape index (κ3) is 5.51. The van der Waals surface area contributed by atoms with E-state index in [0.717, 1.165) is 11.5 Å². The quantitative estimate of drug-likeness (QED) is 0.818. The van der Waals surface area contributed by atoms with Crippen molar-refractivity contribution in [2.24, 2.45) is 0 Å². The van der Waals surface area contributed by atoms with Crippen LogP contribution in [-0.2, 0) is 16.1 Å². The van der Waals surface area contributed by atoms with Crippen molar-refractivity contribution >= 4 is 5.91 Å². The molecule has 0 aromatic carbocycles. The maximum absolute atomic E-state index is 12.1. The Kier molecular flexibility index (Phi) is 5.64. The molecule has 1 unspecified atom stereocenters. The summed E-state index contributed by atoms with van der Waals surface area (Å²) in [4.78, 5) is 15.7. The molecule has 23 heavy (non-hydrogen) atoms. The van der Waals surface area contributed by atoms with Crippen LogP contribution < -0.4 is 0 Å². The number of amides is 1. The first kappa shape index (κ1) is 17.7. The molecule has 0 saturated carbocycles. The molecular formula is C14H20F3N3O3. The molecular weight excluding hydrogens is 315 g/mol. The summed E-state index contributed by atoms with van der Waals surface area (Å²) in [6, 6.07) is 1.85. The van der Waals surface area contributed by atoms with E-state index in [9.17, 15) is 18.0 Å². The van der Waals surface area contributed by atoms with Crippen LogP contribution in [0.1, 0.15) is 18.4 Å². The molecule has 9 heteroatoms. The zero-order valence-corrected chi connectivity index (χ0v) is 13.1. The molecule has 2 rings (SSSR count). The van der Waals surface area contributed by atoms with Crippen LogP contribution in [-0.4, -0.2) is 65.9 Å². The molecule has 1 aliphatic rings. The Morgan fingerprint density at radius 3 is 2.57 bits per heavy atom. The number of rotatable bonds is 5. The van der Waals surface area contributed by atoms with Crippen molar-refractivity contribution in [1.82, 2.24) is 15.0 Å². The molecule has 1 aromatic rings. The Morgan fingerprint density at radius 1 is 1.39 bits per heavy atom. The fourth-order valence-electron chi connectivity index (χ4n) is 2.39. The molecule has 0 radical (unpaired) electrons. The minimum atomic E-state index is -4.43. The molecule has 1 atom stereocenters. The maximum Gasteiger partial charge on any atom is 0.411 e. The highest BCUT2D eigenvalue weighted by Crippen LogP contribution is 2.16. The normalized spacial score (nSPS) is 18.2. The summed E-state index contributed by atoms with van der Waals surface area (Å²) >= 11 is 0. The first-order chi connectivity index (χ1) is 10.7. The van der Waals surface area contributed by atoms with Gasteiger partial charge in [0, 0.05) is 32.2 Å². The van der Waals surface area contributed by atoms with Crippen LogP contribution in [0.4, 0.5) is 13.2 Å². The van der Waals surface area contributed by atoms with E-state index in [1.54, 1.807) is 0 Å². The number of carbonyl (C=O) groups excluding carboxylic acids is 1. The third-order valence-corrected chi connectivity index (χ3v) is 3.58. The van der Waals surface area contributed by atoms with Crippen molar-refractivity contribution in [3.05, 3.63) is 17.5 Å². The van der Waals surface area contributed by atoms with Crippen LogP contribution in [0.25, 0.3) is 0 Å². The van der Waals surface area contributed by atoms with E-state index in [-0.39, 0.29) is 0 Å². The molecule has 0 aliphatic carbocycles. The summed E-state index contributed by atoms with van der Waals surface area (Å²) in [6.45, 7) is 4.52. The fraction of sp³-hybridized carbons (Fsp3) is 0.714. The predicted octanol–water partition coefficient (Wildman–Crippen LogP) is 1.59. The van der Waals surface area contributed by atoms with Crippen molar-refractivity contribution in [3.8, 4) is 0 Å². The average molecular weight is 335 g/mol. The fourth-order valence-corrected chi connectivity index (χ4v) is 2.39. The zero-order valence-electron chi connectivity index (χ0n) is 13.1. The van der Waals surface area contributed by atoms with Gasteiger partial charge in [0.05, 0.1) is 12.2 Å². The number of carbonyl (C=O) groups is 1. The van der Waals surface area contributed by atoms with Gasteiger partial charge in [-0.25, -0.2) is 0 Å². The minimum absolute atomic E-state index is 0.413. The summed E-state index contributed by atoms with van der Waals surface area (Å²) < 4.78 is 46.1. The molecule has 0 bridgehead atoms. The number of hydrogen-bond donors (Lipinski definition) is 0. The molecule has 0 spiro atoms. The summed E-state index contributed by atoms with van der Waals surface area (Å²) in [7, 11) is 0. The lowest BCUT2D eigenvalue weighted by molar-refractivity contribution is -0.188. The van der Waals surface area contributed by atoms with Crippen molar-refractivity contribution in [3.63, 3.8) is 0 Å². The second kappa shape index (κ2) is 7.31. The maximum atomic E-state index is 12.1. The molecule has 1 amide bonds. The molecule has 1 aromatic heterocycles. The van der Waals surface area contributed by atoms with Crippen molar-refractivity contribution < 1.29 is 27.2 Å². The van der Waals surface area contributed by atoms with E-state index in [4.69, 9.17) is 4.52 Å². The molecule has 1 aliphatic heterocycles. The highest BCUT2D eigenvalue weighted by atomic mass is 19.4. The lowest BCUT2D eigenvalue weighted by Gasteiger charge is -2.35. The SMILES string of the molecule is Cc1cc(CN2CCN(C(=O)C(C)OCC(F)(F)F)CC2)on1. The van der Waals surface area contributed by atoms with E-state index >= 15 is 0 Å². The number of ether oxygens (including phenoxy) is 1. The lowest BCUT2D eigenvalue weighted by Crippen LogP contribution is -2.51. The molecule has 1 saturated heterocycles. The predicted molar refractivity (Wildman–Crippen MR) is 74.6 cm³/mol. The van der Waals surface area contributed by atoms with Gasteiger partial charge in [-0.3, -0.25) is 9.69 Å². The van der Waals surface area contributed by atoms with Crippen LogP contribution in [0, 0.1) is 6.92 Å². The van der Waals surface area contributed by atoms with Crippen molar-refractivity contribution in [1.29, 1.82) is 0 Å². The van der Waals surface area contributed by atoms with Crippen LogP contribution in [0.3, 0.4) is 0 Å². The first-order valence-corrected chi connectivity index (χ1v) is 7.36. The summed E-state index contributed by atoms with van der Waals surface area (Å²) in [5.41, 5.74) is 0.810. The third-order valence-electron chi connectivity index (χ3n) is 3.58. The van der Waals surface area contributed by atoms with Gasteiger partial charge in [-0.15, -0.1) is 0 Å². The van der Waals surface area contributed by atoms with Gasteiger partial charge < -0.3 is 14.2 Å². The summed E-state index contributed by atoms with van der Waals surface area (Å²) in [5.74, 6) is 0.341. The number of halogens is 3. The van der Waals surface area contributed by atoms with Crippen LogP contribution in [0.5, 0.6) is 0 Å². The minimum Gasteiger partial charge on any atom is -0.360 e. The van der Waals surface area contributed by atoms with Gasteiger partial charge in [-0.2, -0.15) is 13.2 Å². The second-order valence-corrected chi connectivity index (χ2v) is 5.60. The summed E-state index contributed by atoms with van der Waals surface area (Å²) in [5, 5.41) is 3.81. The topological polar surface area (TPSA) is 58.8 Å². The lowest BCUT2D eigenvalue weighted by atomic mass is 10.2. The van der Waals surface area contributed by atoms with E-state index < -0.39 is 24.8 Å². The van der Waals surface area contributed by atoms with Gasteiger partial charge in [0.25, 0.3) is 5.91 Å². The van der Waals surface area contributed by atoms with Crippen molar-refractivity contribution in [2.75, 3.05) is 32.8 Å². The van der Waals surface area contributed by atoms with Gasteiger partial charge in [0.15, 0.2) is 5.76 Å². The largest absolute Gasteiger partial charge is 0.411 e. The molecule has 2 heterocycles. The van der Waals surface area contributed by atoms with Gasteiger partial charge in [0.2, 0.25) is 0 Å². The standard InChI is InChI=1S/C14H20F3N3O3/c1-10-7-12(23-18-10)8-19-3-5-20(6-4-19)13(21)11(2)22-9-14(15,16)17/h7,11H,3-6,8-9H2,1-2H3. The van der Waals surface area contributed by atoms with E-state index in [1.807, 2.05) is 13.0 Å². The van der Waals surface area contributed by atoms with Crippen LogP contribution >= 0.6 is 0 Å². The summed E-state index contributed by atoms with van der Waals surface area (Å²) in [6.07, 6.45) is -5.53. The van der Waals surface area contributed by atoms with Crippen LogP contribution in [0.2, 0.25) is 0 Å². The molecule has 130 valence electrons. The number of hydrogen-bond acceptors (Lipinski definition) is 5. The average Bonchev–Trinajstić information content (AvgIpc) is 2.89. The monoisotopic (exact) mass is 335 g/mol. The number of piperazine rings is 1. The van der Waals surface area contributed by atoms with Gasteiger partial charge in [0.1, 0.15) is 12.7 Å². The Balaban J connectivity index is 1.75. The van der Waals surface area contributed by atoms with Gasteiger partial charge in [-0.1, -0.05) is 5.16 Å². The number of aromatic nitrogens is 1. The van der Waals surface area contributed by atoms with Crippen molar-refractivity contribution in [2.45, 2.75) is 32.7 Å². The molecule has 1 fully saturated rings. The smallest absolute Gasteiger partial charge is 0.360 e. The number of aryl methyl sites for hydroxylation is 1. The van der Waals surface area contributed by atoms with E-state index in [2.05, 4.69) is 14.8 Å². The Labute approximate surface area is 132 Å².